The quantitative estimate of drug-likeness (QED) is 0.549. The first-order chi connectivity index (χ1) is 13.6. The van der Waals surface area contributed by atoms with Gasteiger partial charge in [0.1, 0.15) is 5.82 Å². The summed E-state index contributed by atoms with van der Waals surface area (Å²) in [5.41, 5.74) is 4.26. The van der Waals surface area contributed by atoms with Gasteiger partial charge in [0.05, 0.1) is 17.6 Å². The molecule has 0 bridgehead atoms. The van der Waals surface area contributed by atoms with Gasteiger partial charge < -0.3 is 16.0 Å². The third-order valence-corrected chi connectivity index (χ3v) is 5.45. The average molecular weight is 415 g/mol. The maximum atomic E-state index is 4.87. The molecule has 156 valence electrons. The highest BCUT2D eigenvalue weighted by Gasteiger charge is 2.18. The number of nitrogens with one attached hydrogen (secondary N) is 3. The van der Waals surface area contributed by atoms with Gasteiger partial charge in [-0.2, -0.15) is 0 Å². The lowest BCUT2D eigenvalue weighted by Crippen LogP contribution is -2.35. The SMILES string of the molecule is CC(C)c1cnc2c(NC(C)c3ccccc3)cc(NC3CCNCC3)nn12.Cl. The van der Waals surface area contributed by atoms with Crippen LogP contribution in [0.15, 0.2) is 42.6 Å². The second-order valence-corrected chi connectivity index (χ2v) is 7.96. The Labute approximate surface area is 178 Å². The van der Waals surface area contributed by atoms with Crippen LogP contribution in [0.5, 0.6) is 0 Å². The smallest absolute Gasteiger partial charge is 0.177 e. The molecule has 4 rings (SSSR count). The van der Waals surface area contributed by atoms with Crippen molar-refractivity contribution in [3.05, 3.63) is 53.9 Å². The molecule has 1 fully saturated rings. The van der Waals surface area contributed by atoms with E-state index in [4.69, 9.17) is 5.10 Å². The van der Waals surface area contributed by atoms with Gasteiger partial charge in [-0.1, -0.05) is 44.2 Å². The Morgan fingerprint density at radius 1 is 1.10 bits per heavy atom. The van der Waals surface area contributed by atoms with E-state index in [2.05, 4.69) is 72.0 Å². The van der Waals surface area contributed by atoms with Gasteiger partial charge in [0, 0.05) is 18.2 Å². The molecule has 3 N–H and O–H groups in total. The van der Waals surface area contributed by atoms with Crippen LogP contribution in [-0.4, -0.2) is 33.7 Å². The average Bonchev–Trinajstić information content (AvgIpc) is 3.14. The van der Waals surface area contributed by atoms with Crippen molar-refractivity contribution in [3.8, 4) is 0 Å². The fourth-order valence-corrected chi connectivity index (χ4v) is 3.79. The van der Waals surface area contributed by atoms with Crippen LogP contribution in [0.2, 0.25) is 0 Å². The van der Waals surface area contributed by atoms with Crippen molar-refractivity contribution in [2.75, 3.05) is 23.7 Å². The van der Waals surface area contributed by atoms with Crippen molar-refractivity contribution in [2.24, 2.45) is 0 Å². The van der Waals surface area contributed by atoms with Crippen LogP contribution >= 0.6 is 12.4 Å². The third kappa shape index (κ3) is 4.82. The second kappa shape index (κ2) is 9.46. The molecular weight excluding hydrogens is 384 g/mol. The number of halogens is 1. The molecule has 1 aliphatic heterocycles. The van der Waals surface area contributed by atoms with Crippen LogP contribution in [0.25, 0.3) is 5.65 Å². The Balaban J connectivity index is 0.00000240. The summed E-state index contributed by atoms with van der Waals surface area (Å²) in [6.45, 7) is 8.64. The summed E-state index contributed by atoms with van der Waals surface area (Å²) in [7, 11) is 0. The standard InChI is InChI=1S/C22H30N6.ClH/c1-15(2)20-14-24-22-19(25-16(3)17-7-5-4-6-8-17)13-21(27-28(20)22)26-18-9-11-23-12-10-18;/h4-8,13-16,18,23,25H,9-12H2,1-3H3,(H,26,27);1H. The summed E-state index contributed by atoms with van der Waals surface area (Å²) in [5.74, 6) is 1.26. The molecule has 1 unspecified atom stereocenters. The van der Waals surface area contributed by atoms with E-state index >= 15 is 0 Å². The molecule has 7 heteroatoms. The number of rotatable bonds is 6. The van der Waals surface area contributed by atoms with Crippen LogP contribution in [0.4, 0.5) is 11.5 Å². The summed E-state index contributed by atoms with van der Waals surface area (Å²) < 4.78 is 1.99. The molecule has 0 radical (unpaired) electrons. The van der Waals surface area contributed by atoms with Gasteiger partial charge in [-0.05, 0) is 44.3 Å². The van der Waals surface area contributed by atoms with E-state index in [1.165, 1.54) is 5.56 Å². The third-order valence-electron chi connectivity index (χ3n) is 5.45. The number of benzene rings is 1. The second-order valence-electron chi connectivity index (χ2n) is 7.96. The van der Waals surface area contributed by atoms with Gasteiger partial charge in [-0.15, -0.1) is 17.5 Å². The maximum absolute atomic E-state index is 4.87. The summed E-state index contributed by atoms with van der Waals surface area (Å²) in [6, 6.07) is 13.2. The van der Waals surface area contributed by atoms with E-state index in [0.29, 0.717) is 12.0 Å². The topological polar surface area (TPSA) is 66.3 Å². The number of hydrogen-bond acceptors (Lipinski definition) is 5. The van der Waals surface area contributed by atoms with Crippen LogP contribution in [0.1, 0.15) is 56.8 Å². The van der Waals surface area contributed by atoms with Gasteiger partial charge in [0.15, 0.2) is 5.65 Å². The van der Waals surface area contributed by atoms with E-state index in [1.807, 2.05) is 16.8 Å². The molecule has 0 spiro atoms. The van der Waals surface area contributed by atoms with Gasteiger partial charge in [-0.3, -0.25) is 0 Å². The molecule has 1 aromatic carbocycles. The highest BCUT2D eigenvalue weighted by atomic mass is 35.5. The number of anilines is 2. The Kier molecular flexibility index (Phi) is 6.98. The van der Waals surface area contributed by atoms with E-state index in [9.17, 15) is 0 Å². The monoisotopic (exact) mass is 414 g/mol. The van der Waals surface area contributed by atoms with Crippen LogP contribution in [0, 0.1) is 0 Å². The van der Waals surface area contributed by atoms with E-state index in [1.54, 1.807) is 0 Å². The molecule has 6 nitrogen and oxygen atoms in total. The molecule has 3 aromatic rings. The lowest BCUT2D eigenvalue weighted by Gasteiger charge is -2.25. The first-order valence-corrected chi connectivity index (χ1v) is 10.3. The zero-order valence-electron chi connectivity index (χ0n) is 17.4. The molecule has 1 atom stereocenters. The lowest BCUT2D eigenvalue weighted by molar-refractivity contribution is 0.477. The van der Waals surface area contributed by atoms with E-state index in [0.717, 1.165) is 48.8 Å². The molecule has 1 aliphatic rings. The molecule has 0 saturated carbocycles. The van der Waals surface area contributed by atoms with Crippen molar-refractivity contribution in [3.63, 3.8) is 0 Å². The number of piperidine rings is 1. The predicted octanol–water partition coefficient (Wildman–Crippen LogP) is 4.61. The molecule has 0 aliphatic carbocycles. The van der Waals surface area contributed by atoms with Gasteiger partial charge in [0.2, 0.25) is 0 Å². The Hall–Kier alpha value is -2.31. The minimum absolute atomic E-state index is 0. The van der Waals surface area contributed by atoms with Gasteiger partial charge in [0.25, 0.3) is 0 Å². The number of fused-ring (bicyclic) bond motifs is 1. The molecule has 3 heterocycles. The summed E-state index contributed by atoms with van der Waals surface area (Å²) in [6.07, 6.45) is 4.17. The fraction of sp³-hybridized carbons (Fsp3) is 0.455. The number of imidazole rings is 1. The molecule has 2 aromatic heterocycles. The van der Waals surface area contributed by atoms with Crippen molar-refractivity contribution in [1.29, 1.82) is 0 Å². The zero-order valence-corrected chi connectivity index (χ0v) is 18.2. The molecule has 1 saturated heterocycles. The largest absolute Gasteiger partial charge is 0.375 e. The van der Waals surface area contributed by atoms with Crippen molar-refractivity contribution in [1.82, 2.24) is 19.9 Å². The van der Waals surface area contributed by atoms with Gasteiger partial charge in [-0.25, -0.2) is 9.50 Å². The van der Waals surface area contributed by atoms with Crippen molar-refractivity contribution in [2.45, 2.75) is 51.6 Å². The van der Waals surface area contributed by atoms with Crippen molar-refractivity contribution < 1.29 is 0 Å². The van der Waals surface area contributed by atoms with Crippen LogP contribution in [0.3, 0.4) is 0 Å². The lowest BCUT2D eigenvalue weighted by atomic mass is 10.1. The summed E-state index contributed by atoms with van der Waals surface area (Å²) in [4.78, 5) is 4.67. The first kappa shape index (κ1) is 21.4. The Bertz CT molecular complexity index is 918. The molecule has 29 heavy (non-hydrogen) atoms. The van der Waals surface area contributed by atoms with Crippen molar-refractivity contribution >= 4 is 29.6 Å². The number of aromatic nitrogens is 3. The zero-order chi connectivity index (χ0) is 19.5. The van der Waals surface area contributed by atoms with E-state index in [-0.39, 0.29) is 18.4 Å². The van der Waals surface area contributed by atoms with Crippen LogP contribution in [-0.2, 0) is 0 Å². The summed E-state index contributed by atoms with van der Waals surface area (Å²) >= 11 is 0. The normalized spacial score (nSPS) is 15.9. The maximum Gasteiger partial charge on any atom is 0.177 e. The highest BCUT2D eigenvalue weighted by molar-refractivity contribution is 5.85. The Morgan fingerprint density at radius 2 is 1.83 bits per heavy atom. The fourth-order valence-electron chi connectivity index (χ4n) is 3.79. The predicted molar refractivity (Wildman–Crippen MR) is 122 cm³/mol. The summed E-state index contributed by atoms with van der Waals surface area (Å²) in [5, 5.41) is 15.6. The van der Waals surface area contributed by atoms with Gasteiger partial charge >= 0.3 is 0 Å². The number of nitrogens with zero attached hydrogens (tertiary/aromatic N) is 3. The number of hydrogen-bond donors (Lipinski definition) is 3. The van der Waals surface area contributed by atoms with Crippen LogP contribution < -0.4 is 16.0 Å². The minimum Gasteiger partial charge on any atom is -0.375 e. The molecular formula is C22H31ClN6. The highest BCUT2D eigenvalue weighted by Crippen LogP contribution is 2.27. The molecule has 0 amide bonds. The Morgan fingerprint density at radius 3 is 2.52 bits per heavy atom. The minimum atomic E-state index is 0. The van der Waals surface area contributed by atoms with E-state index < -0.39 is 0 Å². The first-order valence-electron chi connectivity index (χ1n) is 10.3.